The van der Waals surface area contributed by atoms with Gasteiger partial charge in [0.15, 0.2) is 11.4 Å². The first kappa shape index (κ1) is 26.7. The lowest BCUT2D eigenvalue weighted by Gasteiger charge is -2.13. The van der Waals surface area contributed by atoms with E-state index >= 15 is 0 Å². The van der Waals surface area contributed by atoms with Crippen LogP contribution in [-0.2, 0) is 0 Å². The highest BCUT2D eigenvalue weighted by Crippen LogP contribution is 2.50. The van der Waals surface area contributed by atoms with Gasteiger partial charge in [0, 0.05) is 53.8 Å². The Morgan fingerprint density at radius 3 is 2.06 bits per heavy atom. The molecule has 5 heteroatoms. The van der Waals surface area contributed by atoms with Crippen molar-refractivity contribution >= 4 is 86.2 Å². The Bertz CT molecular complexity index is 3100. The predicted octanol–water partition coefficient (Wildman–Crippen LogP) is 12.3. The Morgan fingerprint density at radius 1 is 0.531 bits per heavy atom. The second kappa shape index (κ2) is 10.1. The first-order valence-electron chi connectivity index (χ1n) is 16.4. The summed E-state index contributed by atoms with van der Waals surface area (Å²) < 4.78 is 11.6. The van der Waals surface area contributed by atoms with Crippen LogP contribution in [-0.4, -0.2) is 14.5 Å². The molecule has 11 rings (SSSR count). The number of hydrogen-bond acceptors (Lipinski definition) is 4. The van der Waals surface area contributed by atoms with Gasteiger partial charge >= 0.3 is 0 Å². The van der Waals surface area contributed by atoms with Crippen molar-refractivity contribution in [3.8, 4) is 28.3 Å². The number of furan rings is 1. The number of thiophene rings is 1. The van der Waals surface area contributed by atoms with Crippen LogP contribution >= 0.6 is 11.3 Å². The highest BCUT2D eigenvalue weighted by Gasteiger charge is 2.25. The molecular weight excluding hydrogens is 619 g/mol. The lowest BCUT2D eigenvalue weighted by molar-refractivity contribution is 0.673. The molecule has 4 nitrogen and oxygen atoms in total. The van der Waals surface area contributed by atoms with E-state index in [0.29, 0.717) is 0 Å². The van der Waals surface area contributed by atoms with Gasteiger partial charge in [0.2, 0.25) is 0 Å². The first-order chi connectivity index (χ1) is 24.3. The molecule has 0 aliphatic heterocycles. The molecule has 0 unspecified atom stereocenters. The second-order valence-electron chi connectivity index (χ2n) is 12.5. The number of para-hydroxylation sites is 2. The fraction of sp³-hybridized carbons (Fsp3) is 0. The van der Waals surface area contributed by atoms with E-state index in [1.807, 2.05) is 35.6 Å². The SMILES string of the molecule is c1ccc(-c2nc(-c3ccccc3)c3cc(-n4c5ccccc5c5c6c7ccccc7sc6c6oc7ccccc7c6c54)ccc3n2)cc1. The van der Waals surface area contributed by atoms with E-state index in [4.69, 9.17) is 14.4 Å². The third-order valence-corrected chi connectivity index (χ3v) is 10.9. The number of fused-ring (bicyclic) bond motifs is 13. The van der Waals surface area contributed by atoms with Crippen molar-refractivity contribution in [2.24, 2.45) is 0 Å². The molecule has 0 fully saturated rings. The summed E-state index contributed by atoms with van der Waals surface area (Å²) in [7, 11) is 0. The van der Waals surface area contributed by atoms with Gasteiger partial charge in [-0.25, -0.2) is 9.97 Å². The van der Waals surface area contributed by atoms with Gasteiger partial charge in [0.1, 0.15) is 5.58 Å². The highest BCUT2D eigenvalue weighted by atomic mass is 32.1. The molecule has 0 saturated carbocycles. The summed E-state index contributed by atoms with van der Waals surface area (Å²) in [4.78, 5) is 10.3. The zero-order valence-electron chi connectivity index (χ0n) is 26.1. The molecule has 0 atom stereocenters. The highest BCUT2D eigenvalue weighted by molar-refractivity contribution is 7.27. The van der Waals surface area contributed by atoms with E-state index in [1.165, 1.54) is 30.9 Å². The number of nitrogens with zero attached hydrogens (tertiary/aromatic N) is 3. The van der Waals surface area contributed by atoms with Crippen molar-refractivity contribution in [1.82, 2.24) is 14.5 Å². The van der Waals surface area contributed by atoms with E-state index in [9.17, 15) is 0 Å². The number of aromatic nitrogens is 3. The normalized spacial score (nSPS) is 12.1. The van der Waals surface area contributed by atoms with Crippen LogP contribution in [0.3, 0.4) is 0 Å². The zero-order chi connectivity index (χ0) is 32.1. The lowest BCUT2D eigenvalue weighted by Crippen LogP contribution is -1.98. The summed E-state index contributed by atoms with van der Waals surface area (Å²) in [6.07, 6.45) is 0. The van der Waals surface area contributed by atoms with E-state index in [-0.39, 0.29) is 0 Å². The summed E-state index contributed by atoms with van der Waals surface area (Å²) in [5.74, 6) is 0.717. The van der Waals surface area contributed by atoms with Crippen LogP contribution in [0.1, 0.15) is 0 Å². The molecule has 0 saturated heterocycles. The molecule has 4 aromatic heterocycles. The molecule has 0 spiro atoms. The quantitative estimate of drug-likeness (QED) is 0.192. The van der Waals surface area contributed by atoms with Crippen LogP contribution in [0.2, 0.25) is 0 Å². The average Bonchev–Trinajstić information content (AvgIpc) is 3.85. The zero-order valence-corrected chi connectivity index (χ0v) is 26.9. The van der Waals surface area contributed by atoms with Crippen LogP contribution in [0.5, 0.6) is 0 Å². The van der Waals surface area contributed by atoms with Crippen LogP contribution < -0.4 is 0 Å². The first-order valence-corrected chi connectivity index (χ1v) is 17.2. The van der Waals surface area contributed by atoms with Crippen molar-refractivity contribution < 1.29 is 4.42 Å². The van der Waals surface area contributed by atoms with E-state index in [0.717, 1.165) is 72.2 Å². The summed E-state index contributed by atoms with van der Waals surface area (Å²) in [5, 5.41) is 8.23. The van der Waals surface area contributed by atoms with E-state index in [2.05, 4.69) is 132 Å². The number of benzene rings is 7. The summed E-state index contributed by atoms with van der Waals surface area (Å²) >= 11 is 1.82. The van der Waals surface area contributed by atoms with Crippen molar-refractivity contribution in [2.45, 2.75) is 0 Å². The Hall–Kier alpha value is -6.30. The van der Waals surface area contributed by atoms with E-state index < -0.39 is 0 Å². The molecule has 49 heavy (non-hydrogen) atoms. The smallest absolute Gasteiger partial charge is 0.160 e. The second-order valence-corrected chi connectivity index (χ2v) is 13.6. The van der Waals surface area contributed by atoms with Crippen LogP contribution in [0, 0.1) is 0 Å². The Balaban J connectivity index is 1.32. The molecule has 0 aliphatic rings. The molecule has 0 amide bonds. The van der Waals surface area contributed by atoms with Gasteiger partial charge in [0.25, 0.3) is 0 Å². The van der Waals surface area contributed by atoms with Gasteiger partial charge in [-0.05, 0) is 36.4 Å². The molecule has 4 heterocycles. The third kappa shape index (κ3) is 3.79. The van der Waals surface area contributed by atoms with Crippen LogP contribution in [0.4, 0.5) is 0 Å². The van der Waals surface area contributed by atoms with Crippen LogP contribution in [0.25, 0.3) is 103 Å². The van der Waals surface area contributed by atoms with Crippen molar-refractivity contribution in [2.75, 3.05) is 0 Å². The maximum absolute atomic E-state index is 6.77. The number of hydrogen-bond donors (Lipinski definition) is 0. The molecule has 7 aromatic carbocycles. The molecule has 11 aromatic rings. The van der Waals surface area contributed by atoms with Gasteiger partial charge in [-0.15, -0.1) is 11.3 Å². The molecular formula is C44H25N3OS. The van der Waals surface area contributed by atoms with Crippen molar-refractivity contribution in [3.05, 3.63) is 152 Å². The largest absolute Gasteiger partial charge is 0.454 e. The minimum atomic E-state index is 0.717. The van der Waals surface area contributed by atoms with Gasteiger partial charge in [-0.2, -0.15) is 0 Å². The van der Waals surface area contributed by atoms with Gasteiger partial charge in [-0.3, -0.25) is 0 Å². The maximum Gasteiger partial charge on any atom is 0.160 e. The Labute approximate surface area is 284 Å². The molecule has 0 bridgehead atoms. The van der Waals surface area contributed by atoms with Gasteiger partial charge < -0.3 is 8.98 Å². The standard InChI is InChI=1S/C44H25N3OS/c1-3-13-26(14-4-1)40-32-25-28(23-24-33(32)45-44(46-40)27-15-5-2-6-16-27)47-34-20-10-7-17-29(34)37-38-31-19-9-12-22-36(31)49-43(38)42-39(41(37)47)30-18-8-11-21-35(30)48-42/h1-25H. The van der Waals surface area contributed by atoms with E-state index in [1.54, 1.807) is 0 Å². The molecule has 0 aliphatic carbocycles. The third-order valence-electron chi connectivity index (χ3n) is 9.78. The monoisotopic (exact) mass is 643 g/mol. The fourth-order valence-corrected chi connectivity index (χ4v) is 8.88. The summed E-state index contributed by atoms with van der Waals surface area (Å²) in [6, 6.07) is 53.2. The molecule has 0 radical (unpaired) electrons. The Kier molecular flexibility index (Phi) is 5.51. The maximum atomic E-state index is 6.77. The minimum absolute atomic E-state index is 0.717. The summed E-state index contributed by atoms with van der Waals surface area (Å²) in [6.45, 7) is 0. The van der Waals surface area contributed by atoms with Gasteiger partial charge in [-0.1, -0.05) is 115 Å². The van der Waals surface area contributed by atoms with Crippen LogP contribution in [0.15, 0.2) is 156 Å². The molecule has 0 N–H and O–H groups in total. The Morgan fingerprint density at radius 2 is 1.22 bits per heavy atom. The topological polar surface area (TPSA) is 43.9 Å². The average molecular weight is 644 g/mol. The fourth-order valence-electron chi connectivity index (χ4n) is 7.68. The van der Waals surface area contributed by atoms with Crippen molar-refractivity contribution in [1.29, 1.82) is 0 Å². The minimum Gasteiger partial charge on any atom is -0.454 e. The van der Waals surface area contributed by atoms with Crippen molar-refractivity contribution in [3.63, 3.8) is 0 Å². The summed E-state index contributed by atoms with van der Waals surface area (Å²) in [5.41, 5.74) is 9.06. The van der Waals surface area contributed by atoms with Gasteiger partial charge in [0.05, 0.1) is 32.3 Å². The lowest BCUT2D eigenvalue weighted by atomic mass is 10.0. The number of rotatable bonds is 3. The predicted molar refractivity (Wildman–Crippen MR) is 205 cm³/mol. The molecule has 228 valence electrons.